The van der Waals surface area contributed by atoms with Gasteiger partial charge in [0.05, 0.1) is 5.69 Å². The zero-order chi connectivity index (χ0) is 15.7. The topological polar surface area (TPSA) is 124 Å². The average molecular weight is 291 g/mol. The number of aryl methyl sites for hydroxylation is 1. The van der Waals surface area contributed by atoms with Gasteiger partial charge in [-0.2, -0.15) is 4.68 Å². The summed E-state index contributed by atoms with van der Waals surface area (Å²) in [5.74, 6) is -1.02. The molecule has 0 aliphatic carbocycles. The first-order valence-corrected chi connectivity index (χ1v) is 6.08. The van der Waals surface area contributed by atoms with Crippen molar-refractivity contribution in [3.63, 3.8) is 0 Å². The van der Waals surface area contributed by atoms with Crippen LogP contribution < -0.4 is 0 Å². The van der Waals surface area contributed by atoms with Crippen molar-refractivity contribution in [2.24, 2.45) is 0 Å². The van der Waals surface area contributed by atoms with Gasteiger partial charge in [0.2, 0.25) is 12.1 Å². The molecule has 9 nitrogen and oxygen atoms in total. The van der Waals surface area contributed by atoms with Gasteiger partial charge < -0.3 is 15.1 Å². The SMILES string of the molecule is CC(=O)c1c(C)[nH]c(C(=O)Cn2cnc([N+](=O)[O-])n2)c1C. The van der Waals surface area contributed by atoms with E-state index in [1.54, 1.807) is 13.8 Å². The van der Waals surface area contributed by atoms with Gasteiger partial charge in [-0.1, -0.05) is 4.98 Å². The minimum atomic E-state index is -0.737. The molecule has 110 valence electrons. The molecule has 0 spiro atoms. The number of aromatic amines is 1. The molecule has 0 aliphatic heterocycles. The zero-order valence-corrected chi connectivity index (χ0v) is 11.7. The molecule has 0 amide bonds. The molecule has 2 rings (SSSR count). The van der Waals surface area contributed by atoms with Crippen molar-refractivity contribution < 1.29 is 14.5 Å². The van der Waals surface area contributed by atoms with E-state index in [9.17, 15) is 19.7 Å². The van der Waals surface area contributed by atoms with Gasteiger partial charge in [-0.15, -0.1) is 0 Å². The van der Waals surface area contributed by atoms with E-state index in [0.29, 0.717) is 22.5 Å². The molecule has 0 saturated heterocycles. The van der Waals surface area contributed by atoms with Crippen LogP contribution in [0, 0.1) is 24.0 Å². The number of nitrogens with one attached hydrogen (secondary N) is 1. The number of ketones is 2. The third-order valence-corrected chi connectivity index (χ3v) is 3.06. The van der Waals surface area contributed by atoms with E-state index in [1.807, 2.05) is 0 Å². The monoisotopic (exact) mass is 291 g/mol. The van der Waals surface area contributed by atoms with E-state index in [2.05, 4.69) is 15.1 Å². The van der Waals surface area contributed by atoms with Crippen molar-refractivity contribution in [2.75, 3.05) is 0 Å². The van der Waals surface area contributed by atoms with Gasteiger partial charge in [-0.3, -0.25) is 9.59 Å². The van der Waals surface area contributed by atoms with Crippen LogP contribution in [-0.4, -0.2) is 36.2 Å². The Labute approximate surface area is 119 Å². The predicted octanol–water partition coefficient (Wildman–Crippen LogP) is 1.22. The van der Waals surface area contributed by atoms with Gasteiger partial charge in [0.1, 0.15) is 6.54 Å². The maximum atomic E-state index is 12.2. The number of nitrogens with zero attached hydrogens (tertiary/aromatic N) is 4. The summed E-state index contributed by atoms with van der Waals surface area (Å²) in [5.41, 5.74) is 1.98. The maximum absolute atomic E-state index is 12.2. The maximum Gasteiger partial charge on any atom is 0.490 e. The Morgan fingerprint density at radius 3 is 2.57 bits per heavy atom. The van der Waals surface area contributed by atoms with Crippen molar-refractivity contribution >= 4 is 17.5 Å². The van der Waals surface area contributed by atoms with E-state index in [4.69, 9.17) is 0 Å². The largest absolute Gasteiger partial charge is 0.490 e. The van der Waals surface area contributed by atoms with Crippen LogP contribution in [0.5, 0.6) is 0 Å². The third kappa shape index (κ3) is 2.71. The standard InChI is InChI=1S/C12H13N5O4/c1-6-10(8(3)18)7(2)14-11(6)9(19)4-16-5-13-12(15-16)17(20)21/h5,14H,4H2,1-3H3. The molecule has 21 heavy (non-hydrogen) atoms. The number of H-pyrrole nitrogens is 1. The summed E-state index contributed by atoms with van der Waals surface area (Å²) in [4.78, 5) is 39.8. The number of carbonyl (C=O) groups excluding carboxylic acids is 2. The summed E-state index contributed by atoms with van der Waals surface area (Å²) >= 11 is 0. The van der Waals surface area contributed by atoms with Crippen LogP contribution in [0.3, 0.4) is 0 Å². The summed E-state index contributed by atoms with van der Waals surface area (Å²) in [5, 5.41) is 14.1. The van der Waals surface area contributed by atoms with E-state index in [0.717, 1.165) is 11.0 Å². The van der Waals surface area contributed by atoms with Crippen LogP contribution in [0.25, 0.3) is 0 Å². The van der Waals surface area contributed by atoms with E-state index >= 15 is 0 Å². The van der Waals surface area contributed by atoms with E-state index < -0.39 is 10.9 Å². The Bertz CT molecular complexity index is 743. The van der Waals surface area contributed by atoms with Crippen LogP contribution in [0.4, 0.5) is 5.95 Å². The lowest BCUT2D eigenvalue weighted by atomic mass is 10.1. The lowest BCUT2D eigenvalue weighted by molar-refractivity contribution is -0.394. The molecule has 2 aromatic heterocycles. The summed E-state index contributed by atoms with van der Waals surface area (Å²) in [6, 6.07) is 0. The number of hydrogen-bond donors (Lipinski definition) is 1. The van der Waals surface area contributed by atoms with Gasteiger partial charge >= 0.3 is 5.95 Å². The summed E-state index contributed by atoms with van der Waals surface area (Å²) < 4.78 is 1.09. The molecule has 0 aromatic carbocycles. The Kier molecular flexibility index (Phi) is 3.66. The molecule has 0 fully saturated rings. The van der Waals surface area contributed by atoms with Crippen LogP contribution in [0.15, 0.2) is 6.33 Å². The van der Waals surface area contributed by atoms with Crippen LogP contribution in [0.1, 0.15) is 39.0 Å². The number of rotatable bonds is 5. The van der Waals surface area contributed by atoms with E-state index in [1.165, 1.54) is 6.92 Å². The minimum Gasteiger partial charge on any atom is -0.390 e. The highest BCUT2D eigenvalue weighted by molar-refractivity contribution is 6.03. The summed E-state index contributed by atoms with van der Waals surface area (Å²) in [6.45, 7) is 4.62. The predicted molar refractivity (Wildman–Crippen MR) is 71.3 cm³/mol. The summed E-state index contributed by atoms with van der Waals surface area (Å²) in [7, 11) is 0. The second-order valence-electron chi connectivity index (χ2n) is 4.60. The molecule has 0 saturated carbocycles. The number of carbonyl (C=O) groups is 2. The second-order valence-corrected chi connectivity index (χ2v) is 4.60. The highest BCUT2D eigenvalue weighted by Gasteiger charge is 2.22. The third-order valence-electron chi connectivity index (χ3n) is 3.06. The zero-order valence-electron chi connectivity index (χ0n) is 11.7. The molecule has 0 aliphatic rings. The number of aromatic nitrogens is 4. The molecule has 0 unspecified atom stereocenters. The molecule has 2 aromatic rings. The number of nitro groups is 1. The second kappa shape index (κ2) is 5.27. The number of Topliss-reactive ketones (excluding diaryl/α,β-unsaturated/α-hetero) is 2. The van der Waals surface area contributed by atoms with Crippen LogP contribution in [0.2, 0.25) is 0 Å². The molecular formula is C12H13N5O4. The highest BCUT2D eigenvalue weighted by atomic mass is 16.6. The molecule has 9 heteroatoms. The number of hydrogen-bond acceptors (Lipinski definition) is 6. The normalized spacial score (nSPS) is 10.6. The fourth-order valence-electron chi connectivity index (χ4n) is 2.23. The molecule has 2 heterocycles. The van der Waals surface area contributed by atoms with Crippen LogP contribution in [-0.2, 0) is 6.54 Å². The van der Waals surface area contributed by atoms with Crippen molar-refractivity contribution in [1.29, 1.82) is 0 Å². The first kappa shape index (κ1) is 14.6. The Balaban J connectivity index is 2.26. The van der Waals surface area contributed by atoms with Crippen molar-refractivity contribution in [3.05, 3.63) is 39.0 Å². The summed E-state index contributed by atoms with van der Waals surface area (Å²) in [6.07, 6.45) is 1.12. The Morgan fingerprint density at radius 1 is 1.43 bits per heavy atom. The highest BCUT2D eigenvalue weighted by Crippen LogP contribution is 2.19. The van der Waals surface area contributed by atoms with Gasteiger partial charge in [-0.25, -0.2) is 0 Å². The molecule has 0 atom stereocenters. The van der Waals surface area contributed by atoms with Gasteiger partial charge in [0, 0.05) is 16.4 Å². The Hall–Kier alpha value is -2.84. The first-order chi connectivity index (χ1) is 9.81. The van der Waals surface area contributed by atoms with Gasteiger partial charge in [0.25, 0.3) is 0 Å². The lowest BCUT2D eigenvalue weighted by Gasteiger charge is -1.98. The quantitative estimate of drug-likeness (QED) is 0.501. The van der Waals surface area contributed by atoms with E-state index in [-0.39, 0.29) is 18.1 Å². The smallest absolute Gasteiger partial charge is 0.390 e. The Morgan fingerprint density at radius 2 is 2.10 bits per heavy atom. The average Bonchev–Trinajstić information content (AvgIpc) is 2.94. The molecule has 1 N–H and O–H groups in total. The van der Waals surface area contributed by atoms with Crippen molar-refractivity contribution in [3.8, 4) is 0 Å². The molecule has 0 bridgehead atoms. The fraction of sp³-hybridized carbons (Fsp3) is 0.333. The minimum absolute atomic E-state index is 0.128. The van der Waals surface area contributed by atoms with Crippen molar-refractivity contribution in [2.45, 2.75) is 27.3 Å². The molecular weight excluding hydrogens is 278 g/mol. The van der Waals surface area contributed by atoms with Gasteiger partial charge in [0.15, 0.2) is 5.78 Å². The molecule has 0 radical (unpaired) electrons. The lowest BCUT2D eigenvalue weighted by Crippen LogP contribution is -2.13. The fourth-order valence-corrected chi connectivity index (χ4v) is 2.23. The van der Waals surface area contributed by atoms with Crippen LogP contribution >= 0.6 is 0 Å². The van der Waals surface area contributed by atoms with Gasteiger partial charge in [-0.05, 0) is 31.3 Å². The first-order valence-electron chi connectivity index (χ1n) is 6.08. The van der Waals surface area contributed by atoms with Crippen molar-refractivity contribution in [1.82, 2.24) is 19.7 Å².